The highest BCUT2D eigenvalue weighted by molar-refractivity contribution is 5.93. The lowest BCUT2D eigenvalue weighted by Gasteiger charge is -2.42. The molecule has 1 aromatic rings. The fourth-order valence-corrected chi connectivity index (χ4v) is 2.73. The van der Waals surface area contributed by atoms with Crippen LogP contribution in [0.25, 0.3) is 0 Å². The number of rotatable bonds is 3. The van der Waals surface area contributed by atoms with E-state index in [0.717, 1.165) is 38.3 Å². The second kappa shape index (κ2) is 6.56. The van der Waals surface area contributed by atoms with Crippen molar-refractivity contribution >= 4 is 5.91 Å². The van der Waals surface area contributed by atoms with Crippen molar-refractivity contribution in [2.45, 2.75) is 32.9 Å². The van der Waals surface area contributed by atoms with Gasteiger partial charge in [-0.1, -0.05) is 12.1 Å². The zero-order valence-corrected chi connectivity index (χ0v) is 13.2. The van der Waals surface area contributed by atoms with Crippen molar-refractivity contribution in [1.82, 2.24) is 15.2 Å². The molecule has 2 rings (SSSR count). The number of carbonyl (C=O) groups is 1. The predicted molar refractivity (Wildman–Crippen MR) is 84.7 cm³/mol. The third-order valence-corrected chi connectivity index (χ3v) is 4.05. The Balaban J connectivity index is 1.93. The van der Waals surface area contributed by atoms with Gasteiger partial charge in [0.05, 0.1) is 0 Å². The molecule has 1 heterocycles. The Bertz CT molecular complexity index is 487. The van der Waals surface area contributed by atoms with E-state index in [1.165, 1.54) is 0 Å². The summed E-state index contributed by atoms with van der Waals surface area (Å²) in [6.07, 6.45) is 0. The van der Waals surface area contributed by atoms with Crippen LogP contribution < -0.4 is 11.3 Å². The average Bonchev–Trinajstić information content (AvgIpc) is 2.46. The Kier molecular flexibility index (Phi) is 4.98. The highest BCUT2D eigenvalue weighted by Crippen LogP contribution is 2.17. The van der Waals surface area contributed by atoms with Crippen LogP contribution in [0.15, 0.2) is 24.3 Å². The van der Waals surface area contributed by atoms with Crippen LogP contribution in [0.1, 0.15) is 36.7 Å². The van der Waals surface area contributed by atoms with E-state index in [-0.39, 0.29) is 11.4 Å². The molecular formula is C16H26N4O. The van der Waals surface area contributed by atoms with E-state index in [1.54, 1.807) is 6.07 Å². The van der Waals surface area contributed by atoms with Gasteiger partial charge in [0, 0.05) is 43.8 Å². The fraction of sp³-hybridized carbons (Fsp3) is 0.562. The maximum atomic E-state index is 11.6. The van der Waals surface area contributed by atoms with Gasteiger partial charge < -0.3 is 0 Å². The van der Waals surface area contributed by atoms with E-state index in [4.69, 9.17) is 5.84 Å². The minimum Gasteiger partial charge on any atom is -0.297 e. The summed E-state index contributed by atoms with van der Waals surface area (Å²) in [7, 11) is 0. The monoisotopic (exact) mass is 290 g/mol. The third kappa shape index (κ3) is 4.27. The topological polar surface area (TPSA) is 61.6 Å². The first-order chi connectivity index (χ1) is 9.90. The molecule has 1 aliphatic heterocycles. The highest BCUT2D eigenvalue weighted by Gasteiger charge is 2.25. The molecule has 1 aromatic carbocycles. The molecule has 0 aromatic heterocycles. The van der Waals surface area contributed by atoms with Crippen molar-refractivity contribution in [3.8, 4) is 0 Å². The van der Waals surface area contributed by atoms with Gasteiger partial charge in [-0.3, -0.25) is 20.0 Å². The zero-order chi connectivity index (χ0) is 15.5. The molecule has 5 nitrogen and oxygen atoms in total. The van der Waals surface area contributed by atoms with E-state index < -0.39 is 0 Å². The highest BCUT2D eigenvalue weighted by atomic mass is 16.2. The molecule has 1 aliphatic rings. The summed E-state index contributed by atoms with van der Waals surface area (Å²) in [6, 6.07) is 7.66. The van der Waals surface area contributed by atoms with Crippen LogP contribution in [0.4, 0.5) is 0 Å². The van der Waals surface area contributed by atoms with Crippen LogP contribution in [-0.4, -0.2) is 47.4 Å². The molecule has 1 saturated heterocycles. The summed E-state index contributed by atoms with van der Waals surface area (Å²) in [5, 5.41) is 0. The van der Waals surface area contributed by atoms with Crippen molar-refractivity contribution in [3.05, 3.63) is 35.4 Å². The molecule has 1 amide bonds. The van der Waals surface area contributed by atoms with Crippen molar-refractivity contribution in [1.29, 1.82) is 0 Å². The van der Waals surface area contributed by atoms with Gasteiger partial charge in [0.15, 0.2) is 0 Å². The van der Waals surface area contributed by atoms with Crippen LogP contribution in [0.5, 0.6) is 0 Å². The Hall–Kier alpha value is -1.43. The van der Waals surface area contributed by atoms with Crippen LogP contribution >= 0.6 is 0 Å². The number of hydrogen-bond acceptors (Lipinski definition) is 4. The largest absolute Gasteiger partial charge is 0.297 e. The number of benzene rings is 1. The number of piperazine rings is 1. The van der Waals surface area contributed by atoms with Gasteiger partial charge in [-0.25, -0.2) is 5.84 Å². The van der Waals surface area contributed by atoms with Gasteiger partial charge in [-0.2, -0.15) is 0 Å². The van der Waals surface area contributed by atoms with E-state index >= 15 is 0 Å². The van der Waals surface area contributed by atoms with Gasteiger partial charge >= 0.3 is 0 Å². The number of nitrogens with one attached hydrogen (secondary N) is 1. The molecule has 21 heavy (non-hydrogen) atoms. The summed E-state index contributed by atoms with van der Waals surface area (Å²) >= 11 is 0. The molecule has 0 saturated carbocycles. The first kappa shape index (κ1) is 15.9. The summed E-state index contributed by atoms with van der Waals surface area (Å²) < 4.78 is 0. The summed E-state index contributed by atoms with van der Waals surface area (Å²) in [4.78, 5) is 16.5. The summed E-state index contributed by atoms with van der Waals surface area (Å²) in [5.41, 5.74) is 4.18. The number of nitrogens with zero attached hydrogens (tertiary/aromatic N) is 2. The maximum absolute atomic E-state index is 11.6. The first-order valence-corrected chi connectivity index (χ1v) is 7.47. The molecule has 0 radical (unpaired) electrons. The maximum Gasteiger partial charge on any atom is 0.265 e. The summed E-state index contributed by atoms with van der Waals surface area (Å²) in [6.45, 7) is 12.0. The van der Waals surface area contributed by atoms with Crippen molar-refractivity contribution in [2.24, 2.45) is 5.84 Å². The van der Waals surface area contributed by atoms with Crippen molar-refractivity contribution in [2.75, 3.05) is 26.2 Å². The number of hydrogen-bond donors (Lipinski definition) is 2. The minimum absolute atomic E-state index is 0.241. The van der Waals surface area contributed by atoms with E-state index in [0.29, 0.717) is 5.56 Å². The Morgan fingerprint density at radius 3 is 2.48 bits per heavy atom. The van der Waals surface area contributed by atoms with Gasteiger partial charge in [0.25, 0.3) is 5.91 Å². The number of nitrogens with two attached hydrogens (primary N) is 1. The number of amides is 1. The lowest BCUT2D eigenvalue weighted by Crippen LogP contribution is -2.53. The fourth-order valence-electron chi connectivity index (χ4n) is 2.73. The van der Waals surface area contributed by atoms with E-state index in [9.17, 15) is 4.79 Å². The standard InChI is InChI=1S/C16H26N4O/c1-16(2,3)20-9-7-19(8-10-20)12-13-5-4-6-14(11-13)15(21)18-17/h4-6,11H,7-10,12,17H2,1-3H3,(H,18,21). The van der Waals surface area contributed by atoms with Crippen LogP contribution in [0.2, 0.25) is 0 Å². The molecule has 0 spiro atoms. The van der Waals surface area contributed by atoms with E-state index in [2.05, 4.69) is 42.1 Å². The predicted octanol–water partition coefficient (Wildman–Crippen LogP) is 1.21. The lowest BCUT2D eigenvalue weighted by atomic mass is 10.0. The molecule has 0 atom stereocenters. The van der Waals surface area contributed by atoms with Crippen molar-refractivity contribution < 1.29 is 4.79 Å². The Labute approximate surface area is 127 Å². The summed E-state index contributed by atoms with van der Waals surface area (Å²) in [5.74, 6) is 4.94. The number of hydrazine groups is 1. The third-order valence-electron chi connectivity index (χ3n) is 4.05. The molecule has 5 heteroatoms. The quantitative estimate of drug-likeness (QED) is 0.499. The lowest BCUT2D eigenvalue weighted by molar-refractivity contribution is 0.0591. The molecule has 0 bridgehead atoms. The van der Waals surface area contributed by atoms with Gasteiger partial charge in [0.2, 0.25) is 0 Å². The van der Waals surface area contributed by atoms with Crippen LogP contribution in [0.3, 0.4) is 0 Å². The smallest absolute Gasteiger partial charge is 0.265 e. The van der Waals surface area contributed by atoms with Gasteiger partial charge in [0.1, 0.15) is 0 Å². The second-order valence-corrected chi connectivity index (χ2v) is 6.61. The average molecular weight is 290 g/mol. The van der Waals surface area contributed by atoms with Gasteiger partial charge in [-0.05, 0) is 38.5 Å². The Morgan fingerprint density at radius 1 is 1.24 bits per heavy atom. The molecular weight excluding hydrogens is 264 g/mol. The van der Waals surface area contributed by atoms with Crippen LogP contribution in [-0.2, 0) is 6.54 Å². The molecule has 3 N–H and O–H groups in total. The number of nitrogen functional groups attached to an aromatic ring is 1. The SMILES string of the molecule is CC(C)(C)N1CCN(Cc2cccc(C(=O)NN)c2)CC1. The number of carbonyl (C=O) groups excluding carboxylic acids is 1. The molecule has 0 aliphatic carbocycles. The molecule has 0 unspecified atom stereocenters. The zero-order valence-electron chi connectivity index (χ0n) is 13.2. The molecule has 1 fully saturated rings. The Morgan fingerprint density at radius 2 is 1.90 bits per heavy atom. The second-order valence-electron chi connectivity index (χ2n) is 6.61. The minimum atomic E-state index is -0.241. The normalized spacial score (nSPS) is 17.7. The van der Waals surface area contributed by atoms with Crippen LogP contribution in [0, 0.1) is 0 Å². The molecule has 116 valence electrons. The first-order valence-electron chi connectivity index (χ1n) is 7.47. The van der Waals surface area contributed by atoms with Gasteiger partial charge in [-0.15, -0.1) is 0 Å². The van der Waals surface area contributed by atoms with E-state index in [1.807, 2.05) is 12.1 Å². The van der Waals surface area contributed by atoms with Crippen molar-refractivity contribution in [3.63, 3.8) is 0 Å².